The number of hydrogen-bond donors (Lipinski definition) is 1. The zero-order valence-corrected chi connectivity index (χ0v) is 27.0. The number of hydrogen-bond acceptors (Lipinski definition) is 8. The van der Waals surface area contributed by atoms with Crippen molar-refractivity contribution in [3.8, 4) is 11.3 Å². The van der Waals surface area contributed by atoms with E-state index in [2.05, 4.69) is 10.3 Å². The number of esters is 1. The van der Waals surface area contributed by atoms with Crippen molar-refractivity contribution in [2.75, 3.05) is 32.8 Å². The van der Waals surface area contributed by atoms with Gasteiger partial charge in [-0.15, -0.1) is 0 Å². The van der Waals surface area contributed by atoms with Gasteiger partial charge in [-0.05, 0) is 58.4 Å². The summed E-state index contributed by atoms with van der Waals surface area (Å²) in [7, 11) is 0. The number of carbonyl (C=O) groups excluding carboxylic acids is 4. The van der Waals surface area contributed by atoms with Crippen LogP contribution < -0.4 is 5.32 Å². The van der Waals surface area contributed by atoms with Gasteiger partial charge in [-0.2, -0.15) is 0 Å². The lowest BCUT2D eigenvalue weighted by Crippen LogP contribution is -2.56. The molecule has 1 aromatic heterocycles. The molecule has 0 aliphatic carbocycles. The molecule has 3 aromatic rings. The Morgan fingerprint density at radius 2 is 1.51 bits per heavy atom. The number of carbonyl (C=O) groups is 4. The first-order valence-corrected chi connectivity index (χ1v) is 15.9. The minimum atomic E-state index is -1.01. The Labute approximate surface area is 268 Å². The van der Waals surface area contributed by atoms with Crippen LogP contribution in [0.4, 0.5) is 4.79 Å². The van der Waals surface area contributed by atoms with Gasteiger partial charge in [0.25, 0.3) is 5.91 Å². The maximum absolute atomic E-state index is 13.8. The van der Waals surface area contributed by atoms with Crippen LogP contribution in [-0.4, -0.2) is 83.1 Å². The van der Waals surface area contributed by atoms with Gasteiger partial charge in [-0.25, -0.2) is 9.78 Å². The maximum Gasteiger partial charge on any atom is 0.409 e. The first-order chi connectivity index (χ1) is 21.5. The molecule has 2 heterocycles. The summed E-state index contributed by atoms with van der Waals surface area (Å²) in [5.74, 6) is -1.34. The number of nitrogens with zero attached hydrogens (tertiary/aromatic N) is 3. The normalized spacial score (nSPS) is 14.0. The van der Waals surface area contributed by atoms with Gasteiger partial charge >= 0.3 is 12.1 Å². The second-order valence-electron chi connectivity index (χ2n) is 11.5. The molecule has 0 saturated carbocycles. The van der Waals surface area contributed by atoms with Crippen molar-refractivity contribution in [3.05, 3.63) is 78.5 Å². The van der Waals surface area contributed by atoms with Gasteiger partial charge in [-0.3, -0.25) is 14.4 Å². The summed E-state index contributed by atoms with van der Waals surface area (Å²) >= 11 is 1.50. The fraction of sp³-hybridized carbons (Fsp3) is 0.382. The second kappa shape index (κ2) is 15.6. The molecule has 1 aliphatic heterocycles. The SMILES string of the molecule is CCOC(=O)N1CCN(C(=O)C(CCC(=O)OC(C)(C)C)NC(=O)c2cc(Sc3ccccc3)cc(-c3ccccc3)n2)CC1. The molecule has 1 aliphatic rings. The summed E-state index contributed by atoms with van der Waals surface area (Å²) in [6, 6.07) is 22.0. The van der Waals surface area contributed by atoms with Crippen molar-refractivity contribution in [1.29, 1.82) is 0 Å². The van der Waals surface area contributed by atoms with Gasteiger partial charge in [0.15, 0.2) is 0 Å². The van der Waals surface area contributed by atoms with E-state index in [0.717, 1.165) is 15.4 Å². The fourth-order valence-electron chi connectivity index (χ4n) is 4.75. The van der Waals surface area contributed by atoms with E-state index in [-0.39, 0.29) is 44.1 Å². The van der Waals surface area contributed by atoms with E-state index in [1.165, 1.54) is 11.8 Å². The third kappa shape index (κ3) is 10.1. The van der Waals surface area contributed by atoms with Crippen LogP contribution in [0.3, 0.4) is 0 Å². The van der Waals surface area contributed by atoms with Crippen LogP contribution in [-0.2, 0) is 19.1 Å². The second-order valence-corrected chi connectivity index (χ2v) is 12.7. The fourth-order valence-corrected chi connectivity index (χ4v) is 5.66. The smallest absolute Gasteiger partial charge is 0.409 e. The summed E-state index contributed by atoms with van der Waals surface area (Å²) in [5, 5.41) is 2.86. The highest BCUT2D eigenvalue weighted by atomic mass is 32.2. The van der Waals surface area contributed by atoms with E-state index in [1.54, 1.807) is 43.6 Å². The minimum Gasteiger partial charge on any atom is -0.460 e. The molecule has 238 valence electrons. The van der Waals surface area contributed by atoms with Crippen molar-refractivity contribution in [3.63, 3.8) is 0 Å². The topological polar surface area (TPSA) is 118 Å². The zero-order valence-electron chi connectivity index (χ0n) is 26.2. The highest BCUT2D eigenvalue weighted by Crippen LogP contribution is 2.31. The van der Waals surface area contributed by atoms with Crippen LogP contribution in [0.2, 0.25) is 0 Å². The molecule has 45 heavy (non-hydrogen) atoms. The van der Waals surface area contributed by atoms with Crippen molar-refractivity contribution in [2.24, 2.45) is 0 Å². The van der Waals surface area contributed by atoms with Crippen LogP contribution in [0.1, 0.15) is 51.0 Å². The summed E-state index contributed by atoms with van der Waals surface area (Å²) in [6.45, 7) is 8.48. The number of ether oxygens (including phenoxy) is 2. The summed E-state index contributed by atoms with van der Waals surface area (Å²) in [5.41, 5.74) is 0.933. The first-order valence-electron chi connectivity index (χ1n) is 15.1. The van der Waals surface area contributed by atoms with E-state index < -0.39 is 29.6 Å². The van der Waals surface area contributed by atoms with E-state index in [9.17, 15) is 19.2 Å². The molecular weight excluding hydrogens is 592 g/mol. The average Bonchev–Trinajstić information content (AvgIpc) is 3.02. The van der Waals surface area contributed by atoms with Crippen LogP contribution >= 0.6 is 11.8 Å². The molecule has 0 spiro atoms. The van der Waals surface area contributed by atoms with Crippen molar-refractivity contribution in [2.45, 2.75) is 62.0 Å². The molecule has 0 radical (unpaired) electrons. The maximum atomic E-state index is 13.8. The molecule has 1 unspecified atom stereocenters. The van der Waals surface area contributed by atoms with E-state index in [0.29, 0.717) is 18.8 Å². The molecule has 3 amide bonds. The van der Waals surface area contributed by atoms with Gasteiger partial charge < -0.3 is 24.6 Å². The largest absolute Gasteiger partial charge is 0.460 e. The lowest BCUT2D eigenvalue weighted by molar-refractivity contribution is -0.155. The average molecular weight is 633 g/mol. The summed E-state index contributed by atoms with van der Waals surface area (Å²) in [4.78, 5) is 61.9. The minimum absolute atomic E-state index is 0.0432. The van der Waals surface area contributed by atoms with Crippen LogP contribution in [0.15, 0.2) is 82.6 Å². The van der Waals surface area contributed by atoms with E-state index in [1.807, 2.05) is 66.7 Å². The molecule has 1 atom stereocenters. The van der Waals surface area contributed by atoms with Crippen molar-refractivity contribution < 1.29 is 28.7 Å². The first kappa shape index (κ1) is 33.5. The third-order valence-corrected chi connectivity index (χ3v) is 7.84. The van der Waals surface area contributed by atoms with Crippen LogP contribution in [0.25, 0.3) is 11.3 Å². The van der Waals surface area contributed by atoms with Crippen LogP contribution in [0.5, 0.6) is 0 Å². The van der Waals surface area contributed by atoms with Crippen LogP contribution in [0, 0.1) is 0 Å². The zero-order chi connectivity index (χ0) is 32.4. The van der Waals surface area contributed by atoms with E-state index in [4.69, 9.17) is 9.47 Å². The Bertz CT molecular complexity index is 1470. The molecule has 11 heteroatoms. The Balaban J connectivity index is 1.57. The van der Waals surface area contributed by atoms with Gasteiger partial charge in [0.1, 0.15) is 17.3 Å². The number of rotatable bonds is 10. The molecule has 2 aromatic carbocycles. The summed E-state index contributed by atoms with van der Waals surface area (Å²) in [6.07, 6.45) is -0.446. The third-order valence-electron chi connectivity index (χ3n) is 6.86. The monoisotopic (exact) mass is 632 g/mol. The van der Waals surface area contributed by atoms with Crippen molar-refractivity contribution in [1.82, 2.24) is 20.1 Å². The molecule has 1 N–H and O–H groups in total. The number of benzene rings is 2. The highest BCUT2D eigenvalue weighted by molar-refractivity contribution is 7.99. The number of nitrogens with one attached hydrogen (secondary N) is 1. The lowest BCUT2D eigenvalue weighted by atomic mass is 10.1. The Kier molecular flexibility index (Phi) is 11.6. The van der Waals surface area contributed by atoms with E-state index >= 15 is 0 Å². The number of aromatic nitrogens is 1. The molecule has 0 bridgehead atoms. The van der Waals surface area contributed by atoms with Gasteiger partial charge in [0.05, 0.1) is 12.3 Å². The Hall–Kier alpha value is -4.38. The Morgan fingerprint density at radius 1 is 0.889 bits per heavy atom. The number of amides is 3. The predicted octanol–water partition coefficient (Wildman–Crippen LogP) is 5.42. The number of pyridine rings is 1. The number of piperazine rings is 1. The predicted molar refractivity (Wildman–Crippen MR) is 172 cm³/mol. The molecular formula is C34H40N4O6S. The molecule has 1 saturated heterocycles. The summed E-state index contributed by atoms with van der Waals surface area (Å²) < 4.78 is 10.5. The quantitative estimate of drug-likeness (QED) is 0.295. The van der Waals surface area contributed by atoms with Gasteiger partial charge in [-0.1, -0.05) is 60.3 Å². The molecule has 10 nitrogen and oxygen atoms in total. The lowest BCUT2D eigenvalue weighted by Gasteiger charge is -2.36. The molecule has 1 fully saturated rings. The van der Waals surface area contributed by atoms with Gasteiger partial charge in [0, 0.05) is 48.0 Å². The van der Waals surface area contributed by atoms with Gasteiger partial charge in [0.2, 0.25) is 5.91 Å². The highest BCUT2D eigenvalue weighted by Gasteiger charge is 2.32. The standard InChI is InChI=1S/C34H40N4O6S/c1-5-43-33(42)38-20-18-37(19-21-38)32(41)27(16-17-30(39)44-34(2,3)4)36-31(40)29-23-26(45-25-14-10-7-11-15-25)22-28(35-29)24-12-8-6-9-13-24/h6-15,22-23,27H,5,16-21H2,1-4H3,(H,36,40). The molecule has 4 rings (SSSR count). The Morgan fingerprint density at radius 3 is 2.13 bits per heavy atom. The van der Waals surface area contributed by atoms with Crippen molar-refractivity contribution >= 4 is 35.6 Å².